The summed E-state index contributed by atoms with van der Waals surface area (Å²) in [6, 6.07) is 0.740. The highest BCUT2D eigenvalue weighted by molar-refractivity contribution is 4.87. The van der Waals surface area contributed by atoms with Crippen molar-refractivity contribution >= 4 is 0 Å². The monoisotopic (exact) mass is 155 g/mol. The lowest BCUT2D eigenvalue weighted by molar-refractivity contribution is 0.136. The Hall–Kier alpha value is -0.0800. The van der Waals surface area contributed by atoms with Crippen molar-refractivity contribution in [2.24, 2.45) is 5.92 Å². The molecule has 3 atom stereocenters. The zero-order valence-electron chi connectivity index (χ0n) is 7.16. The Labute approximate surface area is 68.2 Å². The Morgan fingerprint density at radius 2 is 2.18 bits per heavy atom. The smallest absolute Gasteiger partial charge is 0.0669 e. The third-order valence-electron chi connectivity index (χ3n) is 2.74. The largest absolute Gasteiger partial charge is 0.392 e. The van der Waals surface area contributed by atoms with E-state index in [2.05, 4.69) is 11.8 Å². The highest BCUT2D eigenvalue weighted by Crippen LogP contribution is 2.34. The first-order valence-corrected chi connectivity index (χ1v) is 4.68. The lowest BCUT2D eigenvalue weighted by atomic mass is 10.2. The molecular formula is C9H17NO. The van der Waals surface area contributed by atoms with Crippen molar-refractivity contribution in [3.63, 3.8) is 0 Å². The van der Waals surface area contributed by atoms with Gasteiger partial charge in [0.2, 0.25) is 0 Å². The van der Waals surface area contributed by atoms with E-state index in [1.165, 1.54) is 19.4 Å². The maximum absolute atomic E-state index is 9.55. The van der Waals surface area contributed by atoms with Crippen LogP contribution in [0.15, 0.2) is 0 Å². The SMILES string of the molecule is CC1CN1CC(O)CC1CC1. The molecule has 0 radical (unpaired) electrons. The average Bonchev–Trinajstić information content (AvgIpc) is 2.75. The molecule has 0 aromatic heterocycles. The molecule has 1 aliphatic carbocycles. The van der Waals surface area contributed by atoms with Gasteiger partial charge >= 0.3 is 0 Å². The van der Waals surface area contributed by atoms with Crippen molar-refractivity contribution in [3.8, 4) is 0 Å². The molecule has 2 aliphatic rings. The summed E-state index contributed by atoms with van der Waals surface area (Å²) in [6.07, 6.45) is 3.70. The number of hydrogen-bond donors (Lipinski definition) is 1. The molecule has 1 N–H and O–H groups in total. The molecule has 1 heterocycles. The quantitative estimate of drug-likeness (QED) is 0.608. The minimum Gasteiger partial charge on any atom is -0.392 e. The Balaban J connectivity index is 1.60. The van der Waals surface area contributed by atoms with Crippen molar-refractivity contribution in [1.29, 1.82) is 0 Å². The molecule has 1 aliphatic heterocycles. The van der Waals surface area contributed by atoms with Crippen LogP contribution in [0.25, 0.3) is 0 Å². The number of aliphatic hydroxyl groups is 1. The minimum absolute atomic E-state index is 0.0487. The van der Waals surface area contributed by atoms with Crippen molar-refractivity contribution in [2.75, 3.05) is 13.1 Å². The second-order valence-corrected chi connectivity index (χ2v) is 4.14. The fraction of sp³-hybridized carbons (Fsp3) is 1.00. The first kappa shape index (κ1) is 7.56. The lowest BCUT2D eigenvalue weighted by Gasteiger charge is -2.09. The summed E-state index contributed by atoms with van der Waals surface area (Å²) >= 11 is 0. The number of β-amino-alcohol motifs (C(OH)–C–C–N with tert-alkyl or cyclic N) is 1. The summed E-state index contributed by atoms with van der Waals surface area (Å²) in [5.41, 5.74) is 0. The van der Waals surface area contributed by atoms with E-state index in [9.17, 15) is 5.11 Å². The van der Waals surface area contributed by atoms with Gasteiger partial charge in [-0.05, 0) is 19.3 Å². The molecule has 1 saturated heterocycles. The van der Waals surface area contributed by atoms with Gasteiger partial charge in [-0.1, -0.05) is 12.8 Å². The van der Waals surface area contributed by atoms with E-state index in [0.29, 0.717) is 0 Å². The predicted octanol–water partition coefficient (Wildman–Crippen LogP) is 0.851. The topological polar surface area (TPSA) is 23.2 Å². The van der Waals surface area contributed by atoms with Gasteiger partial charge in [-0.3, -0.25) is 4.90 Å². The first-order chi connectivity index (χ1) is 5.25. The van der Waals surface area contributed by atoms with Crippen molar-refractivity contribution in [3.05, 3.63) is 0 Å². The molecule has 0 amide bonds. The molecule has 0 spiro atoms. The van der Waals surface area contributed by atoms with E-state index >= 15 is 0 Å². The number of aliphatic hydroxyl groups excluding tert-OH is 1. The molecule has 2 fully saturated rings. The normalized spacial score (nSPS) is 38.7. The van der Waals surface area contributed by atoms with Gasteiger partial charge in [0.05, 0.1) is 6.10 Å². The second kappa shape index (κ2) is 2.76. The van der Waals surface area contributed by atoms with Gasteiger partial charge in [-0.2, -0.15) is 0 Å². The zero-order chi connectivity index (χ0) is 7.84. The number of nitrogens with zero attached hydrogens (tertiary/aromatic N) is 1. The second-order valence-electron chi connectivity index (χ2n) is 4.14. The van der Waals surface area contributed by atoms with Crippen LogP contribution in [0.5, 0.6) is 0 Å². The summed E-state index contributed by atoms with van der Waals surface area (Å²) < 4.78 is 0. The van der Waals surface area contributed by atoms with Crippen LogP contribution in [-0.2, 0) is 0 Å². The van der Waals surface area contributed by atoms with Crippen LogP contribution in [-0.4, -0.2) is 35.2 Å². The van der Waals surface area contributed by atoms with E-state index in [1.807, 2.05) is 0 Å². The third kappa shape index (κ3) is 2.17. The molecule has 3 unspecified atom stereocenters. The van der Waals surface area contributed by atoms with Crippen LogP contribution >= 0.6 is 0 Å². The molecule has 1 saturated carbocycles. The molecule has 64 valence electrons. The highest BCUT2D eigenvalue weighted by atomic mass is 16.3. The van der Waals surface area contributed by atoms with E-state index in [0.717, 1.165) is 24.9 Å². The minimum atomic E-state index is -0.0487. The van der Waals surface area contributed by atoms with Crippen LogP contribution in [0.4, 0.5) is 0 Å². The number of rotatable bonds is 4. The predicted molar refractivity (Wildman–Crippen MR) is 44.4 cm³/mol. The van der Waals surface area contributed by atoms with E-state index < -0.39 is 0 Å². The summed E-state index contributed by atoms with van der Waals surface area (Å²) in [5, 5.41) is 9.55. The standard InChI is InChI=1S/C9H17NO/c1-7-5-10(7)6-9(11)4-8-2-3-8/h7-9,11H,2-6H2,1H3. The van der Waals surface area contributed by atoms with Gasteiger partial charge in [0, 0.05) is 19.1 Å². The van der Waals surface area contributed by atoms with Crippen molar-refractivity contribution in [2.45, 2.75) is 38.3 Å². The molecule has 0 aromatic carbocycles. The third-order valence-corrected chi connectivity index (χ3v) is 2.74. The fourth-order valence-electron chi connectivity index (χ4n) is 1.63. The Morgan fingerprint density at radius 3 is 2.64 bits per heavy atom. The van der Waals surface area contributed by atoms with Gasteiger partial charge in [-0.25, -0.2) is 0 Å². The fourth-order valence-corrected chi connectivity index (χ4v) is 1.63. The summed E-state index contributed by atoms with van der Waals surface area (Å²) in [6.45, 7) is 4.32. The van der Waals surface area contributed by atoms with Gasteiger partial charge < -0.3 is 5.11 Å². The maximum Gasteiger partial charge on any atom is 0.0669 e. The van der Waals surface area contributed by atoms with Crippen molar-refractivity contribution < 1.29 is 5.11 Å². The molecule has 0 aromatic rings. The lowest BCUT2D eigenvalue weighted by Crippen LogP contribution is -2.20. The zero-order valence-corrected chi connectivity index (χ0v) is 7.16. The van der Waals surface area contributed by atoms with Gasteiger partial charge in [0.25, 0.3) is 0 Å². The summed E-state index contributed by atoms with van der Waals surface area (Å²) in [5.74, 6) is 0.861. The van der Waals surface area contributed by atoms with E-state index in [-0.39, 0.29) is 6.10 Å². The molecule has 2 rings (SSSR count). The first-order valence-electron chi connectivity index (χ1n) is 4.68. The van der Waals surface area contributed by atoms with Crippen LogP contribution < -0.4 is 0 Å². The highest BCUT2D eigenvalue weighted by Gasteiger charge is 2.32. The Bertz CT molecular complexity index is 144. The maximum atomic E-state index is 9.55. The van der Waals surface area contributed by atoms with Crippen LogP contribution in [0.2, 0.25) is 0 Å². The molecule has 11 heavy (non-hydrogen) atoms. The molecular weight excluding hydrogens is 138 g/mol. The van der Waals surface area contributed by atoms with E-state index in [4.69, 9.17) is 0 Å². The number of hydrogen-bond acceptors (Lipinski definition) is 2. The van der Waals surface area contributed by atoms with Gasteiger partial charge in [0.15, 0.2) is 0 Å². The molecule has 2 nitrogen and oxygen atoms in total. The van der Waals surface area contributed by atoms with Crippen LogP contribution in [0, 0.1) is 5.92 Å². The molecule has 2 heteroatoms. The van der Waals surface area contributed by atoms with Gasteiger partial charge in [-0.15, -0.1) is 0 Å². The average molecular weight is 155 g/mol. The summed E-state index contributed by atoms with van der Waals surface area (Å²) in [7, 11) is 0. The van der Waals surface area contributed by atoms with Gasteiger partial charge in [0.1, 0.15) is 0 Å². The Kier molecular flexibility index (Phi) is 1.90. The van der Waals surface area contributed by atoms with Crippen molar-refractivity contribution in [1.82, 2.24) is 4.90 Å². The molecule has 0 bridgehead atoms. The van der Waals surface area contributed by atoms with Crippen LogP contribution in [0.3, 0.4) is 0 Å². The van der Waals surface area contributed by atoms with E-state index in [1.54, 1.807) is 0 Å². The Morgan fingerprint density at radius 1 is 1.55 bits per heavy atom. The van der Waals surface area contributed by atoms with Crippen LogP contribution in [0.1, 0.15) is 26.2 Å². The summed E-state index contributed by atoms with van der Waals surface area (Å²) in [4.78, 5) is 2.33.